The van der Waals surface area contributed by atoms with Crippen LogP contribution < -0.4 is 0 Å². The van der Waals surface area contributed by atoms with Crippen molar-refractivity contribution >= 4 is 81.6 Å². The van der Waals surface area contributed by atoms with E-state index >= 15 is 0 Å². The molecule has 2 heteroatoms. The van der Waals surface area contributed by atoms with Gasteiger partial charge in [-0.15, -0.1) is 11.3 Å². The molecular formula is C41H27NS. The molecule has 7 aromatic carbocycles. The van der Waals surface area contributed by atoms with Crippen molar-refractivity contribution in [3.63, 3.8) is 0 Å². The van der Waals surface area contributed by atoms with Crippen LogP contribution in [0.2, 0.25) is 0 Å². The monoisotopic (exact) mass is 565 g/mol. The summed E-state index contributed by atoms with van der Waals surface area (Å²) in [4.78, 5) is 1.31. The summed E-state index contributed by atoms with van der Waals surface area (Å²) in [7, 11) is 0. The van der Waals surface area contributed by atoms with Gasteiger partial charge in [0.15, 0.2) is 0 Å². The molecule has 0 N–H and O–H groups in total. The number of rotatable bonds is 3. The molecular weight excluding hydrogens is 539 g/mol. The molecule has 0 bridgehead atoms. The molecule has 43 heavy (non-hydrogen) atoms. The van der Waals surface area contributed by atoms with Crippen molar-refractivity contribution in [2.75, 3.05) is 0 Å². The highest BCUT2D eigenvalue weighted by atomic mass is 32.1. The topological polar surface area (TPSA) is 4.93 Å². The van der Waals surface area contributed by atoms with Crippen LogP contribution in [0.4, 0.5) is 0 Å². The molecule has 0 atom stereocenters. The molecule has 0 unspecified atom stereocenters. The van der Waals surface area contributed by atoms with Gasteiger partial charge in [-0.1, -0.05) is 97.6 Å². The maximum atomic E-state index is 4.10. The van der Waals surface area contributed by atoms with Crippen molar-refractivity contribution in [3.8, 4) is 16.8 Å². The summed E-state index contributed by atoms with van der Waals surface area (Å²) in [5.74, 6) is 0. The van der Waals surface area contributed by atoms with E-state index in [0.29, 0.717) is 0 Å². The summed E-state index contributed by atoms with van der Waals surface area (Å²) < 4.78 is 3.71. The van der Waals surface area contributed by atoms with Gasteiger partial charge in [0.2, 0.25) is 0 Å². The molecule has 9 rings (SSSR count). The van der Waals surface area contributed by atoms with Gasteiger partial charge in [0.1, 0.15) is 0 Å². The Morgan fingerprint density at radius 1 is 0.512 bits per heavy atom. The minimum absolute atomic E-state index is 1.18. The largest absolute Gasteiger partial charge is 0.309 e. The summed E-state index contributed by atoms with van der Waals surface area (Å²) in [6.45, 7) is 6.28. The fraction of sp³-hybridized carbons (Fsp3) is 0.0244. The quantitative estimate of drug-likeness (QED) is 0.188. The molecule has 0 aliphatic carbocycles. The van der Waals surface area contributed by atoms with E-state index in [2.05, 4.69) is 145 Å². The number of hydrogen-bond acceptors (Lipinski definition) is 1. The summed E-state index contributed by atoms with van der Waals surface area (Å²) in [6.07, 6.45) is 1.99. The lowest BCUT2D eigenvalue weighted by atomic mass is 9.92. The van der Waals surface area contributed by atoms with Crippen LogP contribution in [0.3, 0.4) is 0 Å². The Labute approximate surface area is 253 Å². The van der Waals surface area contributed by atoms with Gasteiger partial charge in [-0.25, -0.2) is 0 Å². The average molecular weight is 566 g/mol. The third-order valence-corrected chi connectivity index (χ3v) is 10.2. The highest BCUT2D eigenvalue weighted by Gasteiger charge is 2.16. The van der Waals surface area contributed by atoms with Gasteiger partial charge >= 0.3 is 0 Å². The Morgan fingerprint density at radius 2 is 1.07 bits per heavy atom. The van der Waals surface area contributed by atoms with Crippen molar-refractivity contribution in [3.05, 3.63) is 144 Å². The lowest BCUT2D eigenvalue weighted by Crippen LogP contribution is -1.93. The molecule has 1 nitrogen and oxygen atoms in total. The van der Waals surface area contributed by atoms with Crippen molar-refractivity contribution in [2.45, 2.75) is 6.92 Å². The number of hydrogen-bond donors (Lipinski definition) is 0. The smallest absolute Gasteiger partial charge is 0.0541 e. The first kappa shape index (κ1) is 24.4. The minimum atomic E-state index is 1.18. The first-order valence-electron chi connectivity index (χ1n) is 14.7. The van der Waals surface area contributed by atoms with Gasteiger partial charge in [-0.3, -0.25) is 0 Å². The van der Waals surface area contributed by atoms with E-state index in [0.717, 1.165) is 0 Å². The van der Waals surface area contributed by atoms with Crippen molar-refractivity contribution in [1.82, 2.24) is 4.57 Å². The highest BCUT2D eigenvalue weighted by molar-refractivity contribution is 7.19. The highest BCUT2D eigenvalue weighted by Crippen LogP contribution is 2.40. The Morgan fingerprint density at radius 3 is 1.77 bits per heavy atom. The molecule has 0 amide bonds. The maximum Gasteiger partial charge on any atom is 0.0541 e. The van der Waals surface area contributed by atoms with Crippen LogP contribution in [-0.4, -0.2) is 4.57 Å². The molecule has 2 aromatic heterocycles. The fourth-order valence-corrected chi connectivity index (χ4v) is 8.19. The predicted octanol–water partition coefficient (Wildman–Crippen LogP) is 12.1. The van der Waals surface area contributed by atoms with E-state index in [4.69, 9.17) is 0 Å². The zero-order valence-electron chi connectivity index (χ0n) is 23.8. The van der Waals surface area contributed by atoms with Crippen molar-refractivity contribution < 1.29 is 0 Å². The van der Waals surface area contributed by atoms with Gasteiger partial charge in [-0.05, 0) is 98.4 Å². The Bertz CT molecular complexity index is 2560. The third-order valence-electron chi connectivity index (χ3n) is 9.11. The molecule has 9 aromatic rings. The van der Waals surface area contributed by atoms with E-state index in [1.807, 2.05) is 17.4 Å². The summed E-state index contributed by atoms with van der Waals surface area (Å²) in [5.41, 5.74) is 7.31. The molecule has 0 spiro atoms. The Kier molecular flexibility index (Phi) is 5.20. The second-order valence-corrected chi connectivity index (χ2v) is 12.6. The molecule has 0 aliphatic rings. The number of benzene rings is 7. The Hall–Kier alpha value is -5.18. The molecule has 0 radical (unpaired) electrons. The van der Waals surface area contributed by atoms with Gasteiger partial charge in [0.25, 0.3) is 0 Å². The fourth-order valence-electron chi connectivity index (χ4n) is 7.14. The van der Waals surface area contributed by atoms with Crippen LogP contribution in [0.5, 0.6) is 0 Å². The maximum absolute atomic E-state index is 4.10. The summed E-state index contributed by atoms with van der Waals surface area (Å²) in [5, 5.41) is 11.6. The zero-order chi connectivity index (χ0) is 28.7. The van der Waals surface area contributed by atoms with Gasteiger partial charge < -0.3 is 4.57 Å². The number of nitrogens with zero attached hydrogens (tertiary/aromatic N) is 1. The summed E-state index contributed by atoms with van der Waals surface area (Å²) >= 11 is 1.84. The van der Waals surface area contributed by atoms with E-state index in [1.54, 1.807) is 0 Å². The third kappa shape index (κ3) is 3.51. The van der Waals surface area contributed by atoms with Gasteiger partial charge in [0, 0.05) is 31.4 Å². The second kappa shape index (κ2) is 9.16. The van der Waals surface area contributed by atoms with Crippen LogP contribution in [0.1, 0.15) is 10.4 Å². The average Bonchev–Trinajstić information content (AvgIpc) is 3.57. The molecule has 202 valence electrons. The van der Waals surface area contributed by atoms with Gasteiger partial charge in [0.05, 0.1) is 11.0 Å². The lowest BCUT2D eigenvalue weighted by Gasteiger charge is -2.12. The molecule has 0 fully saturated rings. The van der Waals surface area contributed by atoms with Crippen LogP contribution >= 0.6 is 11.3 Å². The molecule has 0 aliphatic heterocycles. The zero-order valence-corrected chi connectivity index (χ0v) is 24.6. The van der Waals surface area contributed by atoms with E-state index in [-0.39, 0.29) is 0 Å². The number of aromatic nitrogens is 1. The van der Waals surface area contributed by atoms with Crippen LogP contribution in [0.15, 0.2) is 134 Å². The van der Waals surface area contributed by atoms with Crippen molar-refractivity contribution in [1.29, 1.82) is 0 Å². The number of para-hydroxylation sites is 1. The molecule has 0 saturated carbocycles. The normalized spacial score (nSPS) is 11.9. The Balaban J connectivity index is 1.28. The number of thiophene rings is 1. The SMILES string of the molecule is C=Cc1c(C)sc2ccc(-n3c4ccccc4c4cc(-c5ccc6c7ccccc7c7ccccc7c6c5)ccc43)cc12. The minimum Gasteiger partial charge on any atom is -0.309 e. The van der Waals surface area contributed by atoms with E-state index < -0.39 is 0 Å². The van der Waals surface area contributed by atoms with Crippen LogP contribution in [0, 0.1) is 6.92 Å². The lowest BCUT2D eigenvalue weighted by molar-refractivity contribution is 1.19. The van der Waals surface area contributed by atoms with E-state index in [1.165, 1.54) is 91.5 Å². The second-order valence-electron chi connectivity index (χ2n) is 11.4. The van der Waals surface area contributed by atoms with Crippen LogP contribution in [0.25, 0.3) is 87.1 Å². The number of aryl methyl sites for hydroxylation is 1. The van der Waals surface area contributed by atoms with Crippen LogP contribution in [-0.2, 0) is 0 Å². The molecule has 0 saturated heterocycles. The summed E-state index contributed by atoms with van der Waals surface area (Å²) in [6, 6.07) is 47.1. The first-order chi connectivity index (χ1) is 21.2. The number of fused-ring (bicyclic) bond motifs is 10. The van der Waals surface area contributed by atoms with Gasteiger partial charge in [-0.2, -0.15) is 0 Å². The van der Waals surface area contributed by atoms with E-state index in [9.17, 15) is 0 Å². The molecule has 2 heterocycles. The first-order valence-corrected chi connectivity index (χ1v) is 15.5. The van der Waals surface area contributed by atoms with Crippen molar-refractivity contribution in [2.24, 2.45) is 0 Å². The predicted molar refractivity (Wildman–Crippen MR) is 189 cm³/mol. The standard InChI is InChI=1S/C41H27NS/c1-3-29-25(2)43-41-21-18-28(24-38(29)41)42-39-15-9-8-14-35(39)37-23-27(17-20-40(37)42)26-16-19-34-32-12-5-4-10-30(32)31-11-6-7-13-33(31)36(34)22-26/h3-24H,1H2,2H3.